The van der Waals surface area contributed by atoms with Crippen molar-refractivity contribution in [3.63, 3.8) is 0 Å². The number of alkyl halides is 2. The van der Waals surface area contributed by atoms with Crippen molar-refractivity contribution in [2.24, 2.45) is 7.05 Å². The van der Waals surface area contributed by atoms with Crippen LogP contribution in [0.25, 0.3) is 0 Å². The number of likely N-dealkylation sites (tertiary alicyclic amines) is 1. The van der Waals surface area contributed by atoms with E-state index < -0.39 is 18.1 Å². The molecule has 1 N–H and O–H groups in total. The number of esters is 1. The van der Waals surface area contributed by atoms with E-state index in [4.69, 9.17) is 4.74 Å². The molecule has 158 valence electrons. The van der Waals surface area contributed by atoms with Gasteiger partial charge in [0, 0.05) is 32.4 Å². The van der Waals surface area contributed by atoms with E-state index in [1.807, 2.05) is 4.90 Å². The number of hydrogen-bond donors (Lipinski definition) is 1. The lowest BCUT2D eigenvalue weighted by Gasteiger charge is -2.32. The minimum absolute atomic E-state index is 0.00115. The summed E-state index contributed by atoms with van der Waals surface area (Å²) in [6.45, 7) is 3.07. The molecule has 2 aromatic rings. The van der Waals surface area contributed by atoms with Gasteiger partial charge in [0.05, 0.1) is 31.2 Å². The Labute approximate surface area is 166 Å². The van der Waals surface area contributed by atoms with E-state index in [9.17, 15) is 18.4 Å². The van der Waals surface area contributed by atoms with Crippen LogP contribution in [0.2, 0.25) is 0 Å². The molecule has 29 heavy (non-hydrogen) atoms. The summed E-state index contributed by atoms with van der Waals surface area (Å²) in [5.41, 5.74) is -0.143. The topological polar surface area (TPSA) is 94.3 Å². The molecule has 9 nitrogen and oxygen atoms in total. The van der Waals surface area contributed by atoms with Crippen molar-refractivity contribution in [3.8, 4) is 0 Å². The van der Waals surface area contributed by atoms with Crippen LogP contribution in [0.1, 0.15) is 52.6 Å². The number of carbonyl (C=O) groups excluding carboxylic acids is 2. The molecule has 2 aromatic heterocycles. The monoisotopic (exact) mass is 410 g/mol. The number of piperidine rings is 1. The minimum atomic E-state index is -2.84. The molecule has 3 heterocycles. The van der Waals surface area contributed by atoms with E-state index in [-0.39, 0.29) is 30.8 Å². The van der Waals surface area contributed by atoms with Crippen molar-refractivity contribution >= 4 is 11.9 Å². The van der Waals surface area contributed by atoms with E-state index in [1.165, 1.54) is 6.20 Å². The molecule has 0 aromatic carbocycles. The van der Waals surface area contributed by atoms with Gasteiger partial charge in [-0.1, -0.05) is 0 Å². The highest BCUT2D eigenvalue weighted by Crippen LogP contribution is 2.24. The van der Waals surface area contributed by atoms with Gasteiger partial charge in [0.25, 0.3) is 12.3 Å². The second kappa shape index (κ2) is 9.12. The SMILES string of the molecule is CCOC(=O)c1cnn(CN2CCC(NC(=O)c3cnn(C)c3)CC2)c1C(F)F. The molecule has 0 spiro atoms. The summed E-state index contributed by atoms with van der Waals surface area (Å²) in [4.78, 5) is 26.0. The molecule has 3 rings (SSSR count). The lowest BCUT2D eigenvalue weighted by molar-refractivity contribution is 0.0511. The first-order valence-corrected chi connectivity index (χ1v) is 9.41. The summed E-state index contributed by atoms with van der Waals surface area (Å²) < 4.78 is 34.5. The van der Waals surface area contributed by atoms with Crippen LogP contribution < -0.4 is 5.32 Å². The molecule has 0 aliphatic carbocycles. The minimum Gasteiger partial charge on any atom is -0.462 e. The summed E-state index contributed by atoms with van der Waals surface area (Å²) in [6.07, 6.45) is 2.81. The zero-order chi connectivity index (χ0) is 21.0. The standard InChI is InChI=1S/C18H24F2N6O3/c1-3-29-18(28)14-9-22-26(15(14)16(19)20)11-25-6-4-13(5-7-25)23-17(27)12-8-21-24(2)10-12/h8-10,13,16H,3-7,11H2,1-2H3,(H,23,27). The van der Waals surface area contributed by atoms with Crippen LogP contribution in [0.15, 0.2) is 18.6 Å². The van der Waals surface area contributed by atoms with Crippen molar-refractivity contribution in [1.82, 2.24) is 29.8 Å². The fraction of sp³-hybridized carbons (Fsp3) is 0.556. The van der Waals surface area contributed by atoms with E-state index in [0.717, 1.165) is 10.9 Å². The Morgan fingerprint density at radius 3 is 2.59 bits per heavy atom. The highest BCUT2D eigenvalue weighted by Gasteiger charge is 2.28. The third-order valence-electron chi connectivity index (χ3n) is 4.81. The molecular formula is C18H24F2N6O3. The second-order valence-electron chi connectivity index (χ2n) is 6.87. The summed E-state index contributed by atoms with van der Waals surface area (Å²) in [7, 11) is 1.74. The van der Waals surface area contributed by atoms with Gasteiger partial charge in [-0.05, 0) is 19.8 Å². The Hall–Kier alpha value is -2.82. The highest BCUT2D eigenvalue weighted by atomic mass is 19.3. The highest BCUT2D eigenvalue weighted by molar-refractivity contribution is 5.93. The van der Waals surface area contributed by atoms with Gasteiger partial charge in [0.15, 0.2) is 0 Å². The maximum atomic E-state index is 13.5. The normalized spacial score (nSPS) is 15.6. The lowest BCUT2D eigenvalue weighted by atomic mass is 10.1. The first-order valence-electron chi connectivity index (χ1n) is 9.41. The maximum absolute atomic E-state index is 13.5. The van der Waals surface area contributed by atoms with Crippen LogP contribution in [0.4, 0.5) is 8.78 Å². The van der Waals surface area contributed by atoms with E-state index in [1.54, 1.807) is 24.9 Å². The number of carbonyl (C=O) groups is 2. The number of nitrogens with one attached hydrogen (secondary N) is 1. The first-order chi connectivity index (χ1) is 13.9. The molecule has 0 bridgehead atoms. The molecule has 0 saturated carbocycles. The van der Waals surface area contributed by atoms with Crippen LogP contribution in [0, 0.1) is 0 Å². The van der Waals surface area contributed by atoms with E-state index >= 15 is 0 Å². The predicted molar refractivity (Wildman–Crippen MR) is 98.4 cm³/mol. The summed E-state index contributed by atoms with van der Waals surface area (Å²) in [5, 5.41) is 10.9. The Morgan fingerprint density at radius 1 is 1.28 bits per heavy atom. The lowest BCUT2D eigenvalue weighted by Crippen LogP contribution is -2.45. The van der Waals surface area contributed by atoms with Gasteiger partial charge in [-0.25, -0.2) is 18.3 Å². The van der Waals surface area contributed by atoms with Crippen molar-refractivity contribution in [3.05, 3.63) is 35.4 Å². The second-order valence-corrected chi connectivity index (χ2v) is 6.87. The molecular weight excluding hydrogens is 386 g/mol. The quantitative estimate of drug-likeness (QED) is 0.697. The van der Waals surface area contributed by atoms with Crippen LogP contribution in [-0.2, 0) is 18.5 Å². The molecule has 1 aliphatic rings. The predicted octanol–water partition coefficient (Wildman–Crippen LogP) is 1.58. The fourth-order valence-corrected chi connectivity index (χ4v) is 3.32. The molecule has 1 fully saturated rings. The summed E-state index contributed by atoms with van der Waals surface area (Å²) in [6, 6.07) is 0.00115. The van der Waals surface area contributed by atoms with Crippen LogP contribution >= 0.6 is 0 Å². The Bertz CT molecular complexity index is 858. The summed E-state index contributed by atoms with van der Waals surface area (Å²) >= 11 is 0. The van der Waals surface area contributed by atoms with Crippen molar-refractivity contribution in [1.29, 1.82) is 0 Å². The van der Waals surface area contributed by atoms with Gasteiger partial charge in [0.1, 0.15) is 11.3 Å². The number of hydrogen-bond acceptors (Lipinski definition) is 6. The number of aromatic nitrogens is 4. The Balaban J connectivity index is 1.57. The van der Waals surface area contributed by atoms with Crippen LogP contribution in [0.5, 0.6) is 0 Å². The van der Waals surface area contributed by atoms with Gasteiger partial charge in [-0.2, -0.15) is 10.2 Å². The van der Waals surface area contributed by atoms with E-state index in [0.29, 0.717) is 31.5 Å². The third kappa shape index (κ3) is 4.97. The molecule has 0 unspecified atom stereocenters. The largest absolute Gasteiger partial charge is 0.462 e. The number of aryl methyl sites for hydroxylation is 1. The third-order valence-corrected chi connectivity index (χ3v) is 4.81. The van der Waals surface area contributed by atoms with Gasteiger partial charge in [-0.3, -0.25) is 14.4 Å². The van der Waals surface area contributed by atoms with Crippen molar-refractivity contribution in [2.45, 2.75) is 38.9 Å². The molecule has 1 amide bonds. The number of rotatable bonds is 7. The van der Waals surface area contributed by atoms with Gasteiger partial charge >= 0.3 is 5.97 Å². The Kier molecular flexibility index (Phi) is 6.57. The van der Waals surface area contributed by atoms with Gasteiger partial charge < -0.3 is 10.1 Å². The number of halogens is 2. The summed E-state index contributed by atoms with van der Waals surface area (Å²) in [5.74, 6) is -0.978. The molecule has 0 radical (unpaired) electrons. The maximum Gasteiger partial charge on any atom is 0.341 e. The van der Waals surface area contributed by atoms with Crippen LogP contribution in [0.3, 0.4) is 0 Å². The zero-order valence-corrected chi connectivity index (χ0v) is 16.3. The van der Waals surface area contributed by atoms with Crippen molar-refractivity contribution in [2.75, 3.05) is 19.7 Å². The molecule has 11 heteroatoms. The molecule has 0 atom stereocenters. The number of nitrogens with zero attached hydrogens (tertiary/aromatic N) is 5. The molecule has 1 aliphatic heterocycles. The fourth-order valence-electron chi connectivity index (χ4n) is 3.32. The average molecular weight is 410 g/mol. The van der Waals surface area contributed by atoms with E-state index in [2.05, 4.69) is 15.5 Å². The van der Waals surface area contributed by atoms with Crippen molar-refractivity contribution < 1.29 is 23.1 Å². The van der Waals surface area contributed by atoms with Gasteiger partial charge in [-0.15, -0.1) is 0 Å². The smallest absolute Gasteiger partial charge is 0.341 e. The number of ether oxygens (including phenoxy) is 1. The molecule has 1 saturated heterocycles. The zero-order valence-electron chi connectivity index (χ0n) is 16.3. The Morgan fingerprint density at radius 2 is 2.00 bits per heavy atom. The first kappa shape index (κ1) is 20.9. The average Bonchev–Trinajstić information content (AvgIpc) is 3.30. The van der Waals surface area contributed by atoms with Crippen LogP contribution in [-0.4, -0.2) is 62.1 Å². The number of amides is 1. The van der Waals surface area contributed by atoms with Gasteiger partial charge in [0.2, 0.25) is 0 Å².